The fraction of sp³-hybridized carbons (Fsp3) is 0.167. The van der Waals surface area contributed by atoms with E-state index in [2.05, 4.69) is 15.3 Å². The SMILES string of the molecule is CS(=O)(=O)c1ccc(CNc2nc(Cl)ncc2Cl)cc1. The number of rotatable bonds is 4. The molecule has 0 saturated heterocycles. The first kappa shape index (κ1) is 15.0. The van der Waals surface area contributed by atoms with Gasteiger partial charge in [0.2, 0.25) is 5.28 Å². The van der Waals surface area contributed by atoms with Crippen LogP contribution in [0.5, 0.6) is 0 Å². The van der Waals surface area contributed by atoms with E-state index in [1.54, 1.807) is 24.3 Å². The normalized spacial score (nSPS) is 11.3. The van der Waals surface area contributed by atoms with Crippen LogP contribution in [0.2, 0.25) is 10.3 Å². The lowest BCUT2D eigenvalue weighted by molar-refractivity contribution is 0.602. The van der Waals surface area contributed by atoms with Gasteiger partial charge < -0.3 is 5.32 Å². The third-order valence-electron chi connectivity index (χ3n) is 2.53. The van der Waals surface area contributed by atoms with Crippen molar-refractivity contribution < 1.29 is 8.42 Å². The molecule has 0 radical (unpaired) electrons. The summed E-state index contributed by atoms with van der Waals surface area (Å²) in [5.41, 5.74) is 0.892. The van der Waals surface area contributed by atoms with Crippen LogP contribution in [-0.4, -0.2) is 24.6 Å². The number of aromatic nitrogens is 2. The largest absolute Gasteiger partial charge is 0.365 e. The molecule has 0 atom stereocenters. The van der Waals surface area contributed by atoms with Crippen LogP contribution in [0.25, 0.3) is 0 Å². The van der Waals surface area contributed by atoms with E-state index in [0.717, 1.165) is 5.56 Å². The van der Waals surface area contributed by atoms with Crippen molar-refractivity contribution in [1.29, 1.82) is 0 Å². The summed E-state index contributed by atoms with van der Waals surface area (Å²) in [4.78, 5) is 7.99. The van der Waals surface area contributed by atoms with Crippen LogP contribution >= 0.6 is 23.2 Å². The van der Waals surface area contributed by atoms with Crippen molar-refractivity contribution in [2.45, 2.75) is 11.4 Å². The van der Waals surface area contributed by atoms with E-state index in [1.807, 2.05) is 0 Å². The molecule has 1 N–H and O–H groups in total. The van der Waals surface area contributed by atoms with Gasteiger partial charge in [0.15, 0.2) is 9.84 Å². The Bertz CT molecular complexity index is 718. The minimum absolute atomic E-state index is 0.101. The molecule has 0 spiro atoms. The number of hydrogen-bond acceptors (Lipinski definition) is 5. The fourth-order valence-corrected chi connectivity index (χ4v) is 2.43. The highest BCUT2D eigenvalue weighted by molar-refractivity contribution is 7.90. The minimum atomic E-state index is -3.18. The van der Waals surface area contributed by atoms with Gasteiger partial charge in [0.1, 0.15) is 10.8 Å². The molecule has 0 bridgehead atoms. The van der Waals surface area contributed by atoms with Crippen molar-refractivity contribution in [3.05, 3.63) is 46.3 Å². The van der Waals surface area contributed by atoms with E-state index in [4.69, 9.17) is 23.2 Å². The zero-order valence-corrected chi connectivity index (χ0v) is 12.8. The minimum Gasteiger partial charge on any atom is -0.365 e. The molecular weight excluding hydrogens is 321 g/mol. The van der Waals surface area contributed by atoms with E-state index in [0.29, 0.717) is 17.4 Å². The monoisotopic (exact) mass is 331 g/mol. The average Bonchev–Trinajstić information content (AvgIpc) is 2.39. The van der Waals surface area contributed by atoms with E-state index in [-0.39, 0.29) is 10.2 Å². The van der Waals surface area contributed by atoms with Crippen LogP contribution in [0.15, 0.2) is 35.4 Å². The summed E-state index contributed by atoms with van der Waals surface area (Å²) < 4.78 is 22.7. The molecule has 8 heteroatoms. The first-order valence-electron chi connectivity index (χ1n) is 5.57. The van der Waals surface area contributed by atoms with Crippen LogP contribution in [0.3, 0.4) is 0 Å². The van der Waals surface area contributed by atoms with Gasteiger partial charge in [-0.3, -0.25) is 0 Å². The number of sulfone groups is 1. The molecule has 0 saturated carbocycles. The molecule has 1 aromatic carbocycles. The van der Waals surface area contributed by atoms with Crippen molar-refractivity contribution in [3.63, 3.8) is 0 Å². The lowest BCUT2D eigenvalue weighted by Crippen LogP contribution is -2.03. The standard InChI is InChI=1S/C12H11Cl2N3O2S/c1-20(18,19)9-4-2-8(3-5-9)6-15-11-10(13)7-16-12(14)17-11/h2-5,7H,6H2,1H3,(H,15,16,17). The number of nitrogens with one attached hydrogen (secondary N) is 1. The Balaban J connectivity index is 2.10. The Hall–Kier alpha value is -1.37. The topological polar surface area (TPSA) is 72.0 Å². The van der Waals surface area contributed by atoms with Crippen molar-refractivity contribution >= 4 is 38.9 Å². The van der Waals surface area contributed by atoms with Crippen molar-refractivity contribution in [3.8, 4) is 0 Å². The second-order valence-corrected chi connectivity index (χ2v) is 6.87. The van der Waals surface area contributed by atoms with Gasteiger partial charge in [-0.2, -0.15) is 4.98 Å². The van der Waals surface area contributed by atoms with Crippen LogP contribution in [-0.2, 0) is 16.4 Å². The maximum atomic E-state index is 11.3. The van der Waals surface area contributed by atoms with E-state index in [1.165, 1.54) is 12.5 Å². The third-order valence-corrected chi connectivity index (χ3v) is 4.11. The predicted octanol–water partition coefficient (Wildman–Crippen LogP) is 2.80. The molecule has 0 aliphatic rings. The average molecular weight is 332 g/mol. The molecule has 0 amide bonds. The molecule has 2 rings (SSSR count). The molecule has 0 unspecified atom stereocenters. The Morgan fingerprint density at radius 1 is 1.20 bits per heavy atom. The highest BCUT2D eigenvalue weighted by Gasteiger charge is 2.07. The summed E-state index contributed by atoms with van der Waals surface area (Å²) in [5.74, 6) is 0.429. The van der Waals surface area contributed by atoms with Crippen molar-refractivity contribution in [2.24, 2.45) is 0 Å². The third kappa shape index (κ3) is 3.82. The van der Waals surface area contributed by atoms with Crippen molar-refractivity contribution in [2.75, 3.05) is 11.6 Å². The zero-order valence-electron chi connectivity index (χ0n) is 10.5. The maximum absolute atomic E-state index is 11.3. The van der Waals surface area contributed by atoms with Crippen LogP contribution < -0.4 is 5.32 Å². The van der Waals surface area contributed by atoms with Gasteiger partial charge in [0, 0.05) is 12.8 Å². The maximum Gasteiger partial charge on any atom is 0.224 e. The highest BCUT2D eigenvalue weighted by atomic mass is 35.5. The lowest BCUT2D eigenvalue weighted by atomic mass is 10.2. The number of benzene rings is 1. The van der Waals surface area contributed by atoms with Gasteiger partial charge in [-0.15, -0.1) is 0 Å². The fourth-order valence-electron chi connectivity index (χ4n) is 1.51. The number of hydrogen-bond donors (Lipinski definition) is 1. The van der Waals surface area contributed by atoms with Gasteiger partial charge in [-0.25, -0.2) is 13.4 Å². The van der Waals surface area contributed by atoms with Gasteiger partial charge in [-0.05, 0) is 29.3 Å². The summed E-state index contributed by atoms with van der Waals surface area (Å²) >= 11 is 11.6. The second-order valence-electron chi connectivity index (χ2n) is 4.11. The van der Waals surface area contributed by atoms with E-state index < -0.39 is 9.84 Å². The van der Waals surface area contributed by atoms with Gasteiger partial charge >= 0.3 is 0 Å². The molecule has 0 aliphatic carbocycles. The first-order chi connectivity index (χ1) is 9.36. The summed E-state index contributed by atoms with van der Waals surface area (Å²) in [6.45, 7) is 0.442. The predicted molar refractivity (Wildman–Crippen MR) is 78.9 cm³/mol. The Morgan fingerprint density at radius 3 is 2.45 bits per heavy atom. The molecule has 106 valence electrons. The quantitative estimate of drug-likeness (QED) is 0.872. The number of anilines is 1. The van der Waals surface area contributed by atoms with Crippen LogP contribution in [0.4, 0.5) is 5.82 Å². The lowest BCUT2D eigenvalue weighted by Gasteiger charge is -2.08. The van der Waals surface area contributed by atoms with Gasteiger partial charge in [-0.1, -0.05) is 23.7 Å². The van der Waals surface area contributed by atoms with Crippen molar-refractivity contribution in [1.82, 2.24) is 9.97 Å². The molecule has 0 aliphatic heterocycles. The molecule has 20 heavy (non-hydrogen) atoms. The van der Waals surface area contributed by atoms with Crippen LogP contribution in [0, 0.1) is 0 Å². The smallest absolute Gasteiger partial charge is 0.224 e. The Kier molecular flexibility index (Phi) is 4.47. The van der Waals surface area contributed by atoms with E-state index in [9.17, 15) is 8.42 Å². The molecular formula is C12H11Cl2N3O2S. The molecule has 0 fully saturated rings. The molecule has 1 aromatic heterocycles. The molecule has 5 nitrogen and oxygen atoms in total. The van der Waals surface area contributed by atoms with Crippen LogP contribution in [0.1, 0.15) is 5.56 Å². The highest BCUT2D eigenvalue weighted by Crippen LogP contribution is 2.20. The molecule has 2 aromatic rings. The summed E-state index contributed by atoms with van der Waals surface area (Å²) in [5, 5.41) is 3.48. The Morgan fingerprint density at radius 2 is 1.85 bits per heavy atom. The molecule has 1 heterocycles. The second kappa shape index (κ2) is 5.95. The Labute approximate surface area is 126 Å². The zero-order chi connectivity index (χ0) is 14.8. The van der Waals surface area contributed by atoms with E-state index >= 15 is 0 Å². The number of halogens is 2. The summed E-state index contributed by atoms with van der Waals surface area (Å²) in [7, 11) is -3.18. The number of nitrogens with zero attached hydrogens (tertiary/aromatic N) is 2. The summed E-state index contributed by atoms with van der Waals surface area (Å²) in [6, 6.07) is 6.56. The first-order valence-corrected chi connectivity index (χ1v) is 8.22. The summed E-state index contributed by atoms with van der Waals surface area (Å²) in [6.07, 6.45) is 2.58. The van der Waals surface area contributed by atoms with Gasteiger partial charge in [0.05, 0.1) is 11.1 Å². The van der Waals surface area contributed by atoms with Gasteiger partial charge in [0.25, 0.3) is 0 Å².